The molecule has 0 fully saturated rings. The Bertz CT molecular complexity index is 640. The van der Waals surface area contributed by atoms with E-state index in [-0.39, 0.29) is 0 Å². The molecule has 0 aliphatic carbocycles. The number of nitro groups is 1. The Balaban J connectivity index is 3.05. The number of primary amides is 1. The molecule has 11 heteroatoms. The van der Waals surface area contributed by atoms with Gasteiger partial charge in [0.2, 0.25) is 0 Å². The van der Waals surface area contributed by atoms with E-state index in [4.69, 9.17) is 0 Å². The third-order valence-electron chi connectivity index (χ3n) is 1.87. The van der Waals surface area contributed by atoms with Crippen molar-refractivity contribution in [2.75, 3.05) is 0 Å². The second-order valence-corrected chi connectivity index (χ2v) is 4.80. The Morgan fingerprint density at radius 2 is 1.84 bits per heavy atom. The van der Waals surface area contributed by atoms with E-state index < -0.39 is 37.3 Å². The number of nitrogens with two attached hydrogens (primary N) is 1. The molecule has 0 radical (unpaired) electrons. The van der Waals surface area contributed by atoms with Gasteiger partial charge in [0.15, 0.2) is 4.90 Å². The fourth-order valence-corrected chi connectivity index (χ4v) is 2.08. The van der Waals surface area contributed by atoms with Gasteiger partial charge in [0, 0.05) is 6.07 Å². The Morgan fingerprint density at radius 3 is 2.37 bits per heavy atom. The minimum atomic E-state index is -4.40. The van der Waals surface area contributed by atoms with Gasteiger partial charge >= 0.3 is 11.8 Å². The van der Waals surface area contributed by atoms with Crippen LogP contribution in [0.25, 0.3) is 0 Å². The number of hydrazine groups is 1. The molecule has 2 amide bonds. The second kappa shape index (κ2) is 5.41. The lowest BCUT2D eigenvalue weighted by Gasteiger charge is -2.07. The number of sulfonamides is 1. The maximum atomic E-state index is 11.7. The highest BCUT2D eigenvalue weighted by Gasteiger charge is 2.25. The van der Waals surface area contributed by atoms with Crippen LogP contribution in [0.1, 0.15) is 0 Å². The summed E-state index contributed by atoms with van der Waals surface area (Å²) in [7, 11) is -4.40. The van der Waals surface area contributed by atoms with Crippen molar-refractivity contribution in [2.24, 2.45) is 5.73 Å². The minimum Gasteiger partial charge on any atom is -0.361 e. The number of hydrogen-bond donors (Lipinski definition) is 3. The molecule has 0 unspecified atom stereocenters. The molecule has 1 aromatic carbocycles. The van der Waals surface area contributed by atoms with Gasteiger partial charge in [-0.3, -0.25) is 25.1 Å². The molecule has 1 aromatic rings. The van der Waals surface area contributed by atoms with Gasteiger partial charge in [-0.2, -0.15) is 0 Å². The maximum absolute atomic E-state index is 11.7. The van der Waals surface area contributed by atoms with Gasteiger partial charge < -0.3 is 5.73 Å². The van der Waals surface area contributed by atoms with E-state index in [0.29, 0.717) is 0 Å². The van der Waals surface area contributed by atoms with Crippen molar-refractivity contribution in [2.45, 2.75) is 4.90 Å². The number of hydrogen-bond acceptors (Lipinski definition) is 6. The molecule has 0 saturated heterocycles. The Morgan fingerprint density at radius 1 is 1.26 bits per heavy atom. The smallest absolute Gasteiger partial charge is 0.324 e. The number of rotatable bonds is 4. The standard InChI is InChI=1S/C8H8N4O6S/c9-7(13)8(14)10-11-19(17,18)6-4-2-1-3-5(6)12(15)16/h1-4,11H,(H2,9,13)(H,10,14). The summed E-state index contributed by atoms with van der Waals surface area (Å²) in [4.78, 5) is 31.8. The molecule has 1 rings (SSSR count). The Hall–Kier alpha value is -2.53. The summed E-state index contributed by atoms with van der Waals surface area (Å²) >= 11 is 0. The largest absolute Gasteiger partial charge is 0.361 e. The molecule has 0 aromatic heterocycles. The first-order valence-electron chi connectivity index (χ1n) is 4.60. The fourth-order valence-electron chi connectivity index (χ4n) is 1.07. The predicted octanol–water partition coefficient (Wildman–Crippen LogP) is -1.61. The number of nitrogens with zero attached hydrogens (tertiary/aromatic N) is 1. The van der Waals surface area contributed by atoms with Crippen molar-refractivity contribution in [3.63, 3.8) is 0 Å². The average molecular weight is 288 g/mol. The van der Waals surface area contributed by atoms with E-state index in [1.807, 2.05) is 0 Å². The third-order valence-corrected chi connectivity index (χ3v) is 3.17. The van der Waals surface area contributed by atoms with E-state index in [1.165, 1.54) is 22.4 Å². The van der Waals surface area contributed by atoms with Gasteiger partial charge in [-0.15, -0.1) is 4.83 Å². The zero-order valence-corrected chi connectivity index (χ0v) is 10.0. The Kier molecular flexibility index (Phi) is 4.14. The summed E-state index contributed by atoms with van der Waals surface area (Å²) in [5, 5.41) is 10.7. The van der Waals surface area contributed by atoms with Gasteiger partial charge in [0.25, 0.3) is 15.7 Å². The van der Waals surface area contributed by atoms with Crippen LogP contribution in [-0.4, -0.2) is 25.2 Å². The highest BCUT2D eigenvalue weighted by atomic mass is 32.2. The molecule has 0 aliphatic rings. The van der Waals surface area contributed by atoms with Crippen LogP contribution >= 0.6 is 0 Å². The van der Waals surface area contributed by atoms with Crippen molar-refractivity contribution in [1.29, 1.82) is 0 Å². The van der Waals surface area contributed by atoms with Crippen LogP contribution in [0.5, 0.6) is 0 Å². The summed E-state index contributed by atoms with van der Waals surface area (Å²) in [5.41, 5.74) is 5.42. The molecule has 19 heavy (non-hydrogen) atoms. The molecule has 4 N–H and O–H groups in total. The van der Waals surface area contributed by atoms with Crippen LogP contribution in [-0.2, 0) is 19.6 Å². The number of nitro benzene ring substituents is 1. The summed E-state index contributed by atoms with van der Waals surface area (Å²) in [6.45, 7) is 0. The maximum Gasteiger partial charge on any atom is 0.324 e. The summed E-state index contributed by atoms with van der Waals surface area (Å²) < 4.78 is 23.4. The van der Waals surface area contributed by atoms with Crippen LogP contribution in [0.2, 0.25) is 0 Å². The molecular formula is C8H8N4O6S. The monoisotopic (exact) mass is 288 g/mol. The van der Waals surface area contributed by atoms with Crippen molar-refractivity contribution in [3.05, 3.63) is 34.4 Å². The number of para-hydroxylation sites is 1. The molecule has 0 bridgehead atoms. The molecule has 0 spiro atoms. The van der Waals surface area contributed by atoms with Gasteiger partial charge in [0.1, 0.15) is 0 Å². The molecule has 0 atom stereocenters. The van der Waals surface area contributed by atoms with Crippen molar-refractivity contribution < 1.29 is 22.9 Å². The average Bonchev–Trinajstić information content (AvgIpc) is 2.35. The lowest BCUT2D eigenvalue weighted by molar-refractivity contribution is -0.387. The molecule has 0 aliphatic heterocycles. The van der Waals surface area contributed by atoms with Crippen LogP contribution in [0.15, 0.2) is 29.2 Å². The predicted molar refractivity (Wildman–Crippen MR) is 60.8 cm³/mol. The normalized spacial score (nSPS) is 10.7. The first kappa shape index (κ1) is 14.5. The van der Waals surface area contributed by atoms with Crippen LogP contribution < -0.4 is 16.0 Å². The number of nitrogens with one attached hydrogen (secondary N) is 2. The van der Waals surface area contributed by atoms with E-state index in [0.717, 1.165) is 12.1 Å². The van der Waals surface area contributed by atoms with Crippen molar-refractivity contribution in [3.8, 4) is 0 Å². The number of benzene rings is 1. The topological polar surface area (TPSA) is 162 Å². The number of carbonyl (C=O) groups excluding carboxylic acids is 2. The van der Waals surface area contributed by atoms with Crippen LogP contribution in [0.3, 0.4) is 0 Å². The zero-order valence-electron chi connectivity index (χ0n) is 9.19. The van der Waals surface area contributed by atoms with Gasteiger partial charge in [-0.05, 0) is 6.07 Å². The van der Waals surface area contributed by atoms with Gasteiger partial charge in [-0.25, -0.2) is 8.42 Å². The second-order valence-electron chi connectivity index (χ2n) is 3.15. The minimum absolute atomic E-state index is 0.662. The Labute approximate surface area is 106 Å². The highest BCUT2D eigenvalue weighted by Crippen LogP contribution is 2.22. The highest BCUT2D eigenvalue weighted by molar-refractivity contribution is 7.89. The summed E-state index contributed by atoms with van der Waals surface area (Å²) in [6, 6.07) is 4.48. The van der Waals surface area contributed by atoms with Gasteiger partial charge in [-0.1, -0.05) is 12.1 Å². The number of carbonyl (C=O) groups is 2. The molecule has 0 heterocycles. The molecule has 10 nitrogen and oxygen atoms in total. The van der Waals surface area contributed by atoms with E-state index in [2.05, 4.69) is 5.73 Å². The van der Waals surface area contributed by atoms with Crippen LogP contribution in [0, 0.1) is 10.1 Å². The first-order chi connectivity index (χ1) is 8.75. The van der Waals surface area contributed by atoms with E-state index in [1.54, 1.807) is 0 Å². The van der Waals surface area contributed by atoms with E-state index >= 15 is 0 Å². The van der Waals surface area contributed by atoms with Gasteiger partial charge in [0.05, 0.1) is 4.92 Å². The molecular weight excluding hydrogens is 280 g/mol. The lowest BCUT2D eigenvalue weighted by atomic mass is 10.3. The zero-order chi connectivity index (χ0) is 14.6. The van der Waals surface area contributed by atoms with Crippen LogP contribution in [0.4, 0.5) is 5.69 Å². The van der Waals surface area contributed by atoms with Crippen molar-refractivity contribution in [1.82, 2.24) is 10.3 Å². The van der Waals surface area contributed by atoms with E-state index in [9.17, 15) is 28.1 Å². The molecule has 0 saturated carbocycles. The lowest BCUT2D eigenvalue weighted by Crippen LogP contribution is -2.47. The first-order valence-corrected chi connectivity index (χ1v) is 6.09. The van der Waals surface area contributed by atoms with Crippen molar-refractivity contribution >= 4 is 27.5 Å². The summed E-state index contributed by atoms with van der Waals surface area (Å²) in [5.74, 6) is -2.81. The quantitative estimate of drug-likeness (QED) is 0.343. The SMILES string of the molecule is NC(=O)C(=O)NNS(=O)(=O)c1ccccc1[N+](=O)[O-]. The fraction of sp³-hybridized carbons (Fsp3) is 0. The molecule has 102 valence electrons. The summed E-state index contributed by atoms with van der Waals surface area (Å²) in [6.07, 6.45) is 0. The number of amides is 2. The third kappa shape index (κ3) is 3.46.